The number of halogens is 2. The van der Waals surface area contributed by atoms with Gasteiger partial charge in [-0.2, -0.15) is 0 Å². The minimum absolute atomic E-state index is 0. The van der Waals surface area contributed by atoms with Crippen molar-refractivity contribution in [2.45, 2.75) is 79.3 Å². The van der Waals surface area contributed by atoms with Crippen LogP contribution in [0.2, 0.25) is 6.32 Å². The first-order chi connectivity index (χ1) is 24.1. The van der Waals surface area contributed by atoms with E-state index in [1.54, 1.807) is 37.1 Å². The summed E-state index contributed by atoms with van der Waals surface area (Å²) < 4.78 is 12.7. The summed E-state index contributed by atoms with van der Waals surface area (Å²) in [5, 5.41) is 17.1. The van der Waals surface area contributed by atoms with E-state index < -0.39 is 0 Å². The zero-order valence-corrected chi connectivity index (χ0v) is 36.0. The SMILES string of the molecule is C.C.C=CCB1OC(C)(C)C(C)(C)O1.C=CCc1cnc(N)cn1.Nc1cnc(Br)cn1.Nc1cnc(CCO)cn1.Nc1ncc(CCO)nc1Br.[B].[H-].[Na+]. The Balaban J connectivity index is -0.000000190. The molecule has 4 aromatic rings. The molecule has 0 bridgehead atoms. The molecule has 5 heterocycles. The quantitative estimate of drug-likeness (QED) is 0.109. The van der Waals surface area contributed by atoms with Crippen LogP contribution >= 0.6 is 31.9 Å². The molecular formula is C34H56B2Br2N12NaO4. The summed E-state index contributed by atoms with van der Waals surface area (Å²) in [6.45, 7) is 15.6. The van der Waals surface area contributed by atoms with Crippen LogP contribution in [0.3, 0.4) is 0 Å². The summed E-state index contributed by atoms with van der Waals surface area (Å²) in [4.78, 5) is 31.0. The fourth-order valence-corrected chi connectivity index (χ4v) is 3.93. The van der Waals surface area contributed by atoms with Crippen molar-refractivity contribution in [1.29, 1.82) is 0 Å². The topological polar surface area (TPSA) is 266 Å². The van der Waals surface area contributed by atoms with Gasteiger partial charge in [-0.05, 0) is 59.6 Å². The van der Waals surface area contributed by atoms with Crippen LogP contribution < -0.4 is 52.5 Å². The van der Waals surface area contributed by atoms with Crippen LogP contribution in [0.1, 0.15) is 61.1 Å². The van der Waals surface area contributed by atoms with Gasteiger partial charge < -0.3 is 43.9 Å². The molecule has 16 nitrogen and oxygen atoms in total. The van der Waals surface area contributed by atoms with E-state index in [0.717, 1.165) is 29.8 Å². The van der Waals surface area contributed by atoms with Gasteiger partial charge in [0.25, 0.3) is 0 Å². The van der Waals surface area contributed by atoms with Crippen molar-refractivity contribution >= 4 is 70.7 Å². The molecule has 4 aromatic heterocycles. The van der Waals surface area contributed by atoms with Crippen LogP contribution in [0.15, 0.2) is 77.9 Å². The Morgan fingerprint density at radius 2 is 1.13 bits per heavy atom. The summed E-state index contributed by atoms with van der Waals surface area (Å²) in [5.74, 6) is 1.66. The smallest absolute Gasteiger partial charge is 1.00 e. The normalized spacial score (nSPS) is 12.4. The molecular weight excluding hydrogens is 845 g/mol. The number of anilines is 4. The van der Waals surface area contributed by atoms with Crippen molar-refractivity contribution in [3.05, 3.63) is 95.0 Å². The molecule has 3 radical (unpaired) electrons. The van der Waals surface area contributed by atoms with Crippen molar-refractivity contribution in [2.75, 3.05) is 36.1 Å². The molecule has 0 atom stereocenters. The van der Waals surface area contributed by atoms with Gasteiger partial charge in [0.1, 0.15) is 26.7 Å². The van der Waals surface area contributed by atoms with Gasteiger partial charge in [-0.1, -0.05) is 27.0 Å². The average molecular weight is 901 g/mol. The van der Waals surface area contributed by atoms with E-state index in [-0.39, 0.29) is 85.8 Å². The van der Waals surface area contributed by atoms with Crippen molar-refractivity contribution in [1.82, 2.24) is 39.9 Å². The predicted molar refractivity (Wildman–Crippen MR) is 228 cm³/mol. The Morgan fingerprint density at radius 1 is 0.691 bits per heavy atom. The van der Waals surface area contributed by atoms with Gasteiger partial charge in [0, 0.05) is 47.2 Å². The maximum absolute atomic E-state index is 8.57. The number of rotatable bonds is 8. The molecule has 297 valence electrons. The number of aliphatic hydroxyl groups is 2. The van der Waals surface area contributed by atoms with Gasteiger partial charge in [-0.25, -0.2) is 29.9 Å². The molecule has 1 aliphatic heterocycles. The molecule has 0 aliphatic carbocycles. The Hall–Kier alpha value is -3.07. The molecule has 0 saturated carbocycles. The van der Waals surface area contributed by atoms with E-state index in [2.05, 4.69) is 113 Å². The van der Waals surface area contributed by atoms with Crippen molar-refractivity contribution in [3.63, 3.8) is 0 Å². The van der Waals surface area contributed by atoms with E-state index in [0.29, 0.717) is 45.3 Å². The number of aliphatic hydroxyl groups excluding tert-OH is 2. The van der Waals surface area contributed by atoms with Crippen LogP contribution in [0.5, 0.6) is 0 Å². The van der Waals surface area contributed by atoms with Crippen LogP contribution in [0.25, 0.3) is 0 Å². The largest absolute Gasteiger partial charge is 1.00 e. The first-order valence-corrected chi connectivity index (χ1v) is 17.1. The maximum atomic E-state index is 8.57. The van der Waals surface area contributed by atoms with Gasteiger partial charge in [0.2, 0.25) is 0 Å². The number of nitrogens with zero attached hydrogens (tertiary/aromatic N) is 8. The van der Waals surface area contributed by atoms with E-state index in [9.17, 15) is 0 Å². The molecule has 0 aromatic carbocycles. The predicted octanol–water partition coefficient (Wildman–Crippen LogP) is 1.83. The molecule has 1 fully saturated rings. The van der Waals surface area contributed by atoms with Crippen molar-refractivity contribution in [2.24, 2.45) is 0 Å². The second-order valence-electron chi connectivity index (χ2n) is 11.3. The molecule has 1 aliphatic rings. The van der Waals surface area contributed by atoms with Gasteiger partial charge in [-0.15, -0.1) is 13.2 Å². The average Bonchev–Trinajstić information content (AvgIpc) is 3.29. The van der Waals surface area contributed by atoms with Crippen LogP contribution in [0.4, 0.5) is 23.3 Å². The number of allylic oxidation sites excluding steroid dienone is 2. The van der Waals surface area contributed by atoms with Crippen LogP contribution in [0, 0.1) is 0 Å². The molecule has 5 rings (SSSR count). The van der Waals surface area contributed by atoms with E-state index in [1.807, 2.05) is 6.08 Å². The standard InChI is InChI=1S/C9H17BO2.C7H9N3.C6H8BrN3O.C6H9N3O.C4H4BrN3.2CH4.B.Na.H/c1-6-7-10-11-8(2,3)9(4,5)12-10;1-2-3-6-4-10-7(8)5-9-6;7-5-6(8)9-3-4(10-5)1-2-11;7-6-4-8-5(1-2-10)3-9-6;5-3-1-8-4(6)2-7-3;;;;;/h6H,1,7H2,2-5H3;2,4-5H,1,3H2,(H2,8,10);3,11H,1-2H2,(H2,8,9);3-4,10H,1-2H2,(H2,7,9);1-2H,(H2,6,8);2*1H4;;;/q;;;;;;;;+1;-1. The summed E-state index contributed by atoms with van der Waals surface area (Å²) >= 11 is 6.25. The first-order valence-electron chi connectivity index (χ1n) is 15.5. The summed E-state index contributed by atoms with van der Waals surface area (Å²) in [6, 6.07) is 0. The molecule has 0 unspecified atom stereocenters. The molecule has 10 N–H and O–H groups in total. The zero-order valence-electron chi connectivity index (χ0n) is 31.9. The van der Waals surface area contributed by atoms with Gasteiger partial charge in [-0.3, -0.25) is 9.97 Å². The van der Waals surface area contributed by atoms with Gasteiger partial charge in [0.15, 0.2) is 5.82 Å². The third-order valence-corrected chi connectivity index (χ3v) is 7.64. The second kappa shape index (κ2) is 31.1. The number of nitrogens with two attached hydrogens (primary N) is 4. The molecule has 0 amide bonds. The van der Waals surface area contributed by atoms with Crippen LogP contribution in [-0.4, -0.2) is 90.0 Å². The van der Waals surface area contributed by atoms with Crippen molar-refractivity contribution < 1.29 is 50.5 Å². The fraction of sp³-hybridized carbons (Fsp3) is 0.412. The number of aromatic nitrogens is 8. The Bertz CT molecular complexity index is 1570. The molecule has 21 heteroatoms. The Labute approximate surface area is 369 Å². The zero-order chi connectivity index (χ0) is 38.5. The minimum Gasteiger partial charge on any atom is -1.00 e. The van der Waals surface area contributed by atoms with Crippen molar-refractivity contribution in [3.8, 4) is 0 Å². The summed E-state index contributed by atoms with van der Waals surface area (Å²) in [7, 11) is -0.118. The monoisotopic (exact) mass is 899 g/mol. The fourth-order valence-electron chi connectivity index (χ4n) is 3.39. The summed E-state index contributed by atoms with van der Waals surface area (Å²) in [5.41, 5.74) is 23.2. The Morgan fingerprint density at radius 3 is 1.49 bits per heavy atom. The van der Waals surface area contributed by atoms with E-state index >= 15 is 0 Å². The molecule has 55 heavy (non-hydrogen) atoms. The summed E-state index contributed by atoms with van der Waals surface area (Å²) in [6.07, 6.45) is 17.0. The minimum atomic E-state index is -0.208. The van der Waals surface area contributed by atoms with E-state index in [4.69, 9.17) is 42.5 Å². The third kappa shape index (κ3) is 24.2. The number of hydrogen-bond acceptors (Lipinski definition) is 16. The maximum Gasteiger partial charge on any atom is 1.00 e. The number of nitrogen functional groups attached to an aromatic ring is 4. The second-order valence-corrected chi connectivity index (χ2v) is 12.9. The number of hydrogen-bond donors (Lipinski definition) is 6. The molecule has 0 spiro atoms. The Kier molecular flexibility index (Phi) is 33.1. The molecule has 1 saturated heterocycles. The van der Waals surface area contributed by atoms with Gasteiger partial charge >= 0.3 is 36.7 Å². The first kappa shape index (κ1) is 58.6. The van der Waals surface area contributed by atoms with Gasteiger partial charge in [0.05, 0.1) is 71.7 Å². The van der Waals surface area contributed by atoms with Crippen LogP contribution in [-0.2, 0) is 28.6 Å². The van der Waals surface area contributed by atoms with E-state index in [1.165, 1.54) is 12.4 Å². The third-order valence-electron chi connectivity index (χ3n) is 6.65.